The highest BCUT2D eigenvalue weighted by atomic mass is 16.5. The number of rotatable bonds is 5. The number of benzene rings is 3. The molecule has 0 amide bonds. The molecule has 0 atom stereocenters. The van der Waals surface area contributed by atoms with Crippen LogP contribution in [0.4, 0.5) is 5.69 Å². The molecule has 0 unspecified atom stereocenters. The summed E-state index contributed by atoms with van der Waals surface area (Å²) in [5.74, 6) is 1.64. The van der Waals surface area contributed by atoms with Gasteiger partial charge in [-0.1, -0.05) is 23.8 Å². The maximum Gasteiger partial charge on any atom is 0.127 e. The summed E-state index contributed by atoms with van der Waals surface area (Å²) in [5.41, 5.74) is 8.79. The zero-order valence-electron chi connectivity index (χ0n) is 14.8. The zero-order chi connectivity index (χ0) is 17.6. The Bertz CT molecular complexity index is 866. The van der Waals surface area contributed by atoms with Crippen LogP contribution in [0.25, 0.3) is 0 Å². The van der Waals surface area contributed by atoms with E-state index >= 15 is 0 Å². The average molecular weight is 330 g/mol. The van der Waals surface area contributed by atoms with Crippen molar-refractivity contribution >= 4 is 11.9 Å². The molecular formula is C22H22N2O. The topological polar surface area (TPSA) is 33.6 Å². The van der Waals surface area contributed by atoms with Crippen molar-refractivity contribution in [1.29, 1.82) is 0 Å². The number of nitrogens with zero attached hydrogens (tertiary/aromatic N) is 1. The molecule has 0 heterocycles. The van der Waals surface area contributed by atoms with E-state index in [1.807, 2.05) is 54.6 Å². The summed E-state index contributed by atoms with van der Waals surface area (Å²) in [5, 5.41) is 4.29. The largest absolute Gasteiger partial charge is 0.457 e. The summed E-state index contributed by atoms with van der Waals surface area (Å²) in [6.07, 6.45) is 1.80. The Balaban J connectivity index is 1.60. The fraction of sp³-hybridized carbons (Fsp3) is 0.136. The van der Waals surface area contributed by atoms with Crippen molar-refractivity contribution in [2.24, 2.45) is 5.10 Å². The van der Waals surface area contributed by atoms with Crippen molar-refractivity contribution in [3.8, 4) is 11.5 Å². The van der Waals surface area contributed by atoms with Gasteiger partial charge in [0.05, 0.1) is 11.9 Å². The Kier molecular flexibility index (Phi) is 5.14. The number of hydrazone groups is 1. The lowest BCUT2D eigenvalue weighted by Crippen LogP contribution is -1.92. The molecule has 0 bridgehead atoms. The zero-order valence-corrected chi connectivity index (χ0v) is 14.8. The van der Waals surface area contributed by atoms with E-state index in [9.17, 15) is 0 Å². The van der Waals surface area contributed by atoms with Crippen LogP contribution in [0.5, 0.6) is 11.5 Å². The molecule has 3 rings (SSSR count). The number of aryl methyl sites for hydroxylation is 3. The lowest BCUT2D eigenvalue weighted by molar-refractivity contribution is 0.482. The van der Waals surface area contributed by atoms with Crippen LogP contribution in [0.1, 0.15) is 22.3 Å². The third-order valence-corrected chi connectivity index (χ3v) is 4.05. The molecule has 3 aromatic rings. The van der Waals surface area contributed by atoms with E-state index in [1.165, 1.54) is 16.7 Å². The van der Waals surface area contributed by atoms with Crippen LogP contribution >= 0.6 is 0 Å². The Labute approximate surface area is 149 Å². The van der Waals surface area contributed by atoms with Gasteiger partial charge in [-0.25, -0.2) is 0 Å². The van der Waals surface area contributed by atoms with Crippen molar-refractivity contribution in [2.75, 3.05) is 5.43 Å². The second-order valence-corrected chi connectivity index (χ2v) is 6.15. The molecule has 0 fully saturated rings. The summed E-state index contributed by atoms with van der Waals surface area (Å²) < 4.78 is 5.83. The molecule has 0 aliphatic rings. The van der Waals surface area contributed by atoms with Crippen molar-refractivity contribution in [3.63, 3.8) is 0 Å². The lowest BCUT2D eigenvalue weighted by Gasteiger charge is -2.06. The molecular weight excluding hydrogens is 308 g/mol. The number of anilines is 1. The Hall–Kier alpha value is -3.07. The first kappa shape index (κ1) is 16.8. The van der Waals surface area contributed by atoms with Crippen LogP contribution in [0.15, 0.2) is 71.8 Å². The normalized spacial score (nSPS) is 10.8. The second kappa shape index (κ2) is 7.67. The molecule has 25 heavy (non-hydrogen) atoms. The Morgan fingerprint density at radius 2 is 1.40 bits per heavy atom. The summed E-state index contributed by atoms with van der Waals surface area (Å²) in [6.45, 7) is 6.25. The fourth-order valence-electron chi connectivity index (χ4n) is 2.36. The maximum atomic E-state index is 5.83. The highest BCUT2D eigenvalue weighted by molar-refractivity contribution is 5.80. The first-order valence-electron chi connectivity index (χ1n) is 8.31. The number of hydrogen-bond donors (Lipinski definition) is 1. The number of hydrogen-bond acceptors (Lipinski definition) is 3. The number of nitrogens with one attached hydrogen (secondary N) is 1. The molecule has 0 aromatic heterocycles. The van der Waals surface area contributed by atoms with Crippen LogP contribution < -0.4 is 10.2 Å². The highest BCUT2D eigenvalue weighted by Crippen LogP contribution is 2.21. The molecule has 0 radical (unpaired) electrons. The molecule has 3 aromatic carbocycles. The van der Waals surface area contributed by atoms with Crippen LogP contribution in [0.2, 0.25) is 0 Å². The van der Waals surface area contributed by atoms with Gasteiger partial charge in [0, 0.05) is 0 Å². The molecule has 0 spiro atoms. The van der Waals surface area contributed by atoms with E-state index in [-0.39, 0.29) is 0 Å². The van der Waals surface area contributed by atoms with Crippen LogP contribution in [0, 0.1) is 20.8 Å². The summed E-state index contributed by atoms with van der Waals surface area (Å²) in [7, 11) is 0. The second-order valence-electron chi connectivity index (χ2n) is 6.15. The van der Waals surface area contributed by atoms with Gasteiger partial charge in [-0.2, -0.15) is 5.10 Å². The Morgan fingerprint density at radius 1 is 0.760 bits per heavy atom. The molecule has 0 aliphatic carbocycles. The average Bonchev–Trinajstić information content (AvgIpc) is 2.61. The third kappa shape index (κ3) is 4.70. The Morgan fingerprint density at radius 3 is 2.04 bits per heavy atom. The quantitative estimate of drug-likeness (QED) is 0.470. The van der Waals surface area contributed by atoms with Gasteiger partial charge in [-0.3, -0.25) is 5.43 Å². The first-order chi connectivity index (χ1) is 12.1. The minimum absolute atomic E-state index is 0.808. The third-order valence-electron chi connectivity index (χ3n) is 4.05. The van der Waals surface area contributed by atoms with Gasteiger partial charge < -0.3 is 4.74 Å². The summed E-state index contributed by atoms with van der Waals surface area (Å²) >= 11 is 0. The van der Waals surface area contributed by atoms with Crippen molar-refractivity contribution < 1.29 is 4.74 Å². The van der Waals surface area contributed by atoms with E-state index in [0.717, 1.165) is 22.7 Å². The molecule has 1 N–H and O–H groups in total. The molecule has 0 aliphatic heterocycles. The summed E-state index contributed by atoms with van der Waals surface area (Å²) in [4.78, 5) is 0. The van der Waals surface area contributed by atoms with Crippen molar-refractivity contribution in [3.05, 3.63) is 89.0 Å². The van der Waals surface area contributed by atoms with Gasteiger partial charge in [0.25, 0.3) is 0 Å². The molecule has 0 saturated heterocycles. The van der Waals surface area contributed by atoms with E-state index in [0.29, 0.717) is 0 Å². The monoisotopic (exact) mass is 330 g/mol. The SMILES string of the molecule is Cc1ccc(Oc2ccc(C=NNc3ccc(C)c(C)c3)cc2)cc1. The molecule has 0 saturated carbocycles. The van der Waals surface area contributed by atoms with Gasteiger partial charge in [0.15, 0.2) is 0 Å². The van der Waals surface area contributed by atoms with Crippen LogP contribution in [-0.4, -0.2) is 6.21 Å². The predicted octanol–water partition coefficient (Wildman–Crippen LogP) is 5.85. The van der Waals surface area contributed by atoms with Gasteiger partial charge in [0.1, 0.15) is 11.5 Å². The van der Waals surface area contributed by atoms with Crippen LogP contribution in [0.3, 0.4) is 0 Å². The van der Waals surface area contributed by atoms with Crippen molar-refractivity contribution in [1.82, 2.24) is 0 Å². The van der Waals surface area contributed by atoms with Gasteiger partial charge in [-0.15, -0.1) is 0 Å². The minimum atomic E-state index is 0.808. The fourth-order valence-corrected chi connectivity index (χ4v) is 2.36. The summed E-state index contributed by atoms with van der Waals surface area (Å²) in [6, 6.07) is 22.1. The minimum Gasteiger partial charge on any atom is -0.457 e. The smallest absolute Gasteiger partial charge is 0.127 e. The van der Waals surface area contributed by atoms with E-state index in [4.69, 9.17) is 4.74 Å². The molecule has 126 valence electrons. The van der Waals surface area contributed by atoms with Gasteiger partial charge in [0.2, 0.25) is 0 Å². The van der Waals surface area contributed by atoms with Crippen LogP contribution in [-0.2, 0) is 0 Å². The van der Waals surface area contributed by atoms with Crippen molar-refractivity contribution in [2.45, 2.75) is 20.8 Å². The first-order valence-corrected chi connectivity index (χ1v) is 8.31. The maximum absolute atomic E-state index is 5.83. The standard InChI is InChI=1S/C22H22N2O/c1-16-4-10-21(11-5-16)25-22-12-7-19(8-13-22)15-23-24-20-9-6-17(2)18(3)14-20/h4-15,24H,1-3H3. The lowest BCUT2D eigenvalue weighted by atomic mass is 10.1. The molecule has 3 heteroatoms. The van der Waals surface area contributed by atoms with E-state index in [1.54, 1.807) is 6.21 Å². The van der Waals surface area contributed by atoms with E-state index in [2.05, 4.69) is 43.4 Å². The highest BCUT2D eigenvalue weighted by Gasteiger charge is 1.98. The molecule has 3 nitrogen and oxygen atoms in total. The van der Waals surface area contributed by atoms with Gasteiger partial charge in [-0.05, 0) is 86.0 Å². The van der Waals surface area contributed by atoms with E-state index < -0.39 is 0 Å². The number of ether oxygens (including phenoxy) is 1. The predicted molar refractivity (Wildman–Crippen MR) is 105 cm³/mol. The van der Waals surface area contributed by atoms with Gasteiger partial charge >= 0.3 is 0 Å².